The Morgan fingerprint density at radius 1 is 1.11 bits per heavy atom. The molecule has 38 heavy (non-hydrogen) atoms. The van der Waals surface area contributed by atoms with Gasteiger partial charge in [0.25, 0.3) is 10.0 Å². The number of thiophene rings is 1. The van der Waals surface area contributed by atoms with Crippen LogP contribution in [0, 0.1) is 5.82 Å². The summed E-state index contributed by atoms with van der Waals surface area (Å²) in [6, 6.07) is 6.74. The summed E-state index contributed by atoms with van der Waals surface area (Å²) < 4.78 is 52.5. The van der Waals surface area contributed by atoms with E-state index in [1.807, 2.05) is 0 Å². The van der Waals surface area contributed by atoms with Crippen LogP contribution in [-0.2, 0) is 14.8 Å². The highest BCUT2D eigenvalue weighted by atomic mass is 35.5. The SMILES string of the molecule is COC(=O)c1scc(NC(=O)Nc2cc(S(=O)(=O)n3ccc4c(Cl)cccc43)c(OC)cc2F)c1C(=O)O. The first-order chi connectivity index (χ1) is 18.0. The Morgan fingerprint density at radius 3 is 2.47 bits per heavy atom. The number of amides is 2. The first-order valence-electron chi connectivity index (χ1n) is 10.4. The number of ether oxygens (including phenoxy) is 2. The van der Waals surface area contributed by atoms with Crippen LogP contribution < -0.4 is 15.4 Å². The number of carboxylic acid groups (broad SMARTS) is 1. The largest absolute Gasteiger partial charge is 0.495 e. The van der Waals surface area contributed by atoms with Gasteiger partial charge in [0, 0.05) is 28.1 Å². The van der Waals surface area contributed by atoms with Crippen LogP contribution in [0.5, 0.6) is 5.75 Å². The van der Waals surface area contributed by atoms with Crippen LogP contribution in [0.15, 0.2) is 52.9 Å². The highest BCUT2D eigenvalue weighted by Crippen LogP contribution is 2.34. The molecule has 2 heterocycles. The highest BCUT2D eigenvalue weighted by Gasteiger charge is 2.28. The van der Waals surface area contributed by atoms with Crippen molar-refractivity contribution in [2.75, 3.05) is 24.9 Å². The molecule has 198 valence electrons. The van der Waals surface area contributed by atoms with Gasteiger partial charge in [-0.3, -0.25) is 0 Å². The molecule has 2 aromatic carbocycles. The van der Waals surface area contributed by atoms with Gasteiger partial charge in [0.1, 0.15) is 21.1 Å². The number of rotatable bonds is 7. The fourth-order valence-corrected chi connectivity index (χ4v) is 6.25. The molecular weight excluding hydrogens is 565 g/mol. The van der Waals surface area contributed by atoms with Crippen LogP contribution >= 0.6 is 22.9 Å². The Hall–Kier alpha value is -4.14. The van der Waals surface area contributed by atoms with Crippen molar-refractivity contribution in [2.24, 2.45) is 0 Å². The minimum atomic E-state index is -4.38. The van der Waals surface area contributed by atoms with E-state index in [9.17, 15) is 32.3 Å². The first kappa shape index (κ1) is 26.9. The highest BCUT2D eigenvalue weighted by molar-refractivity contribution is 7.90. The molecule has 3 N–H and O–H groups in total. The zero-order chi connectivity index (χ0) is 27.8. The summed E-state index contributed by atoms with van der Waals surface area (Å²) in [5.74, 6) is -3.79. The smallest absolute Gasteiger partial charge is 0.349 e. The molecule has 4 rings (SSSR count). The molecule has 0 saturated carbocycles. The van der Waals surface area contributed by atoms with Gasteiger partial charge in [0.05, 0.1) is 31.1 Å². The summed E-state index contributed by atoms with van der Waals surface area (Å²) >= 11 is 6.87. The average molecular weight is 582 g/mol. The molecule has 2 amide bonds. The molecule has 0 bridgehead atoms. The van der Waals surface area contributed by atoms with Crippen LogP contribution in [-0.4, -0.2) is 49.7 Å². The van der Waals surface area contributed by atoms with E-state index >= 15 is 0 Å². The van der Waals surface area contributed by atoms with Crippen LogP contribution in [0.2, 0.25) is 5.02 Å². The molecule has 11 nitrogen and oxygen atoms in total. The second-order valence-electron chi connectivity index (χ2n) is 7.50. The number of aromatic carboxylic acids is 1. The van der Waals surface area contributed by atoms with Crippen molar-refractivity contribution in [3.8, 4) is 5.75 Å². The third kappa shape index (κ3) is 4.76. The number of esters is 1. The van der Waals surface area contributed by atoms with Gasteiger partial charge in [-0.25, -0.2) is 31.2 Å². The number of aromatic nitrogens is 1. The summed E-state index contributed by atoms with van der Waals surface area (Å²) in [6.07, 6.45) is 1.28. The number of methoxy groups -OCH3 is 2. The lowest BCUT2D eigenvalue weighted by Crippen LogP contribution is -2.22. The standard InChI is InChI=1S/C23H17ClFN3O8S2/c1-35-17-8-13(25)14(26-23(32)27-15-10-37-20(22(31)36-2)19(15)21(29)30)9-18(17)38(33,34)28-7-6-11-12(24)4-3-5-16(11)28/h3-10H,1-2H3,(H,29,30)(H2,26,27,32). The van der Waals surface area contributed by atoms with Crippen molar-refractivity contribution in [3.63, 3.8) is 0 Å². The Morgan fingerprint density at radius 2 is 1.82 bits per heavy atom. The van der Waals surface area contributed by atoms with Crippen LogP contribution in [0.1, 0.15) is 20.0 Å². The van der Waals surface area contributed by atoms with Crippen molar-refractivity contribution in [1.29, 1.82) is 0 Å². The van der Waals surface area contributed by atoms with Crippen molar-refractivity contribution < 1.29 is 41.8 Å². The minimum absolute atomic E-state index is 0.252. The number of fused-ring (bicyclic) bond motifs is 1. The second kappa shape index (κ2) is 10.3. The Balaban J connectivity index is 1.70. The van der Waals surface area contributed by atoms with Crippen LogP contribution in [0.4, 0.5) is 20.6 Å². The van der Waals surface area contributed by atoms with E-state index in [0.29, 0.717) is 10.4 Å². The predicted molar refractivity (Wildman–Crippen MR) is 138 cm³/mol. The maximum atomic E-state index is 14.8. The van der Waals surface area contributed by atoms with Crippen molar-refractivity contribution in [2.45, 2.75) is 4.90 Å². The van der Waals surface area contributed by atoms with Crippen molar-refractivity contribution in [3.05, 3.63) is 69.3 Å². The van der Waals surface area contributed by atoms with E-state index in [1.165, 1.54) is 23.7 Å². The lowest BCUT2D eigenvalue weighted by atomic mass is 10.2. The summed E-state index contributed by atoms with van der Waals surface area (Å²) in [4.78, 5) is 35.4. The quantitative estimate of drug-likeness (QED) is 0.261. The molecule has 0 radical (unpaired) electrons. The molecule has 4 aromatic rings. The van der Waals surface area contributed by atoms with Gasteiger partial charge in [-0.15, -0.1) is 11.3 Å². The number of carbonyl (C=O) groups is 3. The monoisotopic (exact) mass is 581 g/mol. The molecule has 0 spiro atoms. The summed E-state index contributed by atoms with van der Waals surface area (Å²) in [6.45, 7) is 0. The fraction of sp³-hybridized carbons (Fsp3) is 0.0870. The first-order valence-corrected chi connectivity index (χ1v) is 13.1. The number of nitrogens with one attached hydrogen (secondary N) is 2. The van der Waals surface area contributed by atoms with Crippen molar-refractivity contribution >= 4 is 73.2 Å². The predicted octanol–water partition coefficient (Wildman–Crippen LogP) is 4.87. The van der Waals surface area contributed by atoms with Gasteiger partial charge in [-0.2, -0.15) is 0 Å². The van der Waals surface area contributed by atoms with Gasteiger partial charge in [-0.05, 0) is 24.3 Å². The molecule has 0 unspecified atom stereocenters. The molecule has 15 heteroatoms. The number of hydrogen-bond donors (Lipinski definition) is 3. The minimum Gasteiger partial charge on any atom is -0.495 e. The van der Waals surface area contributed by atoms with E-state index in [1.54, 1.807) is 12.1 Å². The van der Waals surface area contributed by atoms with Crippen LogP contribution in [0.25, 0.3) is 10.9 Å². The Bertz CT molecular complexity index is 1710. The molecule has 0 aliphatic heterocycles. The van der Waals surface area contributed by atoms with E-state index in [4.69, 9.17) is 16.3 Å². The van der Waals surface area contributed by atoms with E-state index in [2.05, 4.69) is 15.4 Å². The van der Waals surface area contributed by atoms with Gasteiger partial charge < -0.3 is 25.2 Å². The number of halogens is 2. The molecule has 0 saturated heterocycles. The van der Waals surface area contributed by atoms with Crippen molar-refractivity contribution in [1.82, 2.24) is 3.97 Å². The molecular formula is C23H17ClFN3O8S2. The lowest BCUT2D eigenvalue weighted by molar-refractivity contribution is 0.0589. The fourth-order valence-electron chi connectivity index (χ4n) is 3.59. The van der Waals surface area contributed by atoms with E-state index < -0.39 is 50.0 Å². The maximum Gasteiger partial charge on any atom is 0.349 e. The molecule has 0 atom stereocenters. The van der Waals surface area contributed by atoms with Gasteiger partial charge >= 0.3 is 18.0 Å². The van der Waals surface area contributed by atoms with Gasteiger partial charge in [-0.1, -0.05) is 17.7 Å². The lowest BCUT2D eigenvalue weighted by Gasteiger charge is -2.15. The number of carbonyl (C=O) groups excluding carboxylic acids is 2. The molecule has 0 fully saturated rings. The topological polar surface area (TPSA) is 153 Å². The number of urea groups is 1. The number of hydrogen-bond acceptors (Lipinski definition) is 8. The normalized spacial score (nSPS) is 11.3. The van der Waals surface area contributed by atoms with E-state index in [-0.39, 0.29) is 21.8 Å². The number of anilines is 2. The van der Waals surface area contributed by atoms with Gasteiger partial charge in [0.2, 0.25) is 0 Å². The van der Waals surface area contributed by atoms with Gasteiger partial charge in [0.15, 0.2) is 5.82 Å². The summed E-state index contributed by atoms with van der Waals surface area (Å²) in [5.41, 5.74) is -1.06. The number of nitrogens with zero attached hydrogens (tertiary/aromatic N) is 1. The van der Waals surface area contributed by atoms with E-state index in [0.717, 1.165) is 41.7 Å². The zero-order valence-corrected chi connectivity index (χ0v) is 21.8. The second-order valence-corrected chi connectivity index (χ2v) is 10.6. The third-order valence-corrected chi connectivity index (χ3v) is 8.31. The molecule has 0 aliphatic carbocycles. The molecule has 0 aliphatic rings. The Labute approximate surface area is 223 Å². The molecule has 2 aromatic heterocycles. The number of benzene rings is 2. The zero-order valence-electron chi connectivity index (χ0n) is 19.4. The van der Waals surface area contributed by atoms with Crippen LogP contribution in [0.3, 0.4) is 0 Å². The number of carboxylic acids is 1. The third-order valence-electron chi connectivity index (χ3n) is 5.31. The Kier molecular flexibility index (Phi) is 7.31. The maximum absolute atomic E-state index is 14.8. The summed E-state index contributed by atoms with van der Waals surface area (Å²) in [7, 11) is -2.16. The average Bonchev–Trinajstić information content (AvgIpc) is 3.50. The summed E-state index contributed by atoms with van der Waals surface area (Å²) in [5, 5.41) is 15.8.